The highest BCUT2D eigenvalue weighted by atomic mass is 16.1. The number of fused-ring (bicyclic) bond motifs is 2. The van der Waals surface area contributed by atoms with Crippen LogP contribution in [0.4, 0.5) is 0 Å². The molecule has 0 radical (unpaired) electrons. The number of nitrogens with one attached hydrogen (secondary N) is 2. The first kappa shape index (κ1) is 15.3. The average Bonchev–Trinajstić information content (AvgIpc) is 3.18. The molecule has 2 atom stereocenters. The Kier molecular flexibility index (Phi) is 4.06. The number of carbonyl (C=O) groups excluding carboxylic acids is 1. The van der Waals surface area contributed by atoms with Gasteiger partial charge in [0.05, 0.1) is 17.5 Å². The first-order chi connectivity index (χ1) is 11.7. The smallest absolute Gasteiger partial charge is 0.254 e. The number of hydrogen-bond acceptors (Lipinski definition) is 4. The van der Waals surface area contributed by atoms with Crippen LogP contribution in [0.5, 0.6) is 0 Å². The summed E-state index contributed by atoms with van der Waals surface area (Å²) in [6.45, 7) is 2.04. The molecule has 0 aliphatic carbocycles. The highest BCUT2D eigenvalue weighted by Gasteiger charge is 2.34. The van der Waals surface area contributed by atoms with E-state index in [-0.39, 0.29) is 11.9 Å². The molecule has 2 saturated heterocycles. The van der Waals surface area contributed by atoms with E-state index in [1.807, 2.05) is 25.1 Å². The lowest BCUT2D eigenvalue weighted by molar-refractivity contribution is 0.0923. The van der Waals surface area contributed by atoms with Crippen molar-refractivity contribution in [2.24, 2.45) is 0 Å². The molecule has 2 aliphatic rings. The van der Waals surface area contributed by atoms with Crippen LogP contribution in [0.1, 0.15) is 48.7 Å². The number of rotatable bonds is 4. The maximum absolute atomic E-state index is 12.8. The van der Waals surface area contributed by atoms with Crippen LogP contribution in [0.3, 0.4) is 0 Å². The monoisotopic (exact) mass is 325 g/mol. The largest absolute Gasteiger partial charge is 0.349 e. The van der Waals surface area contributed by atoms with E-state index >= 15 is 0 Å². The van der Waals surface area contributed by atoms with Crippen molar-refractivity contribution >= 4 is 5.91 Å². The van der Waals surface area contributed by atoms with Crippen LogP contribution in [-0.2, 0) is 6.42 Å². The van der Waals surface area contributed by atoms with E-state index in [9.17, 15) is 4.79 Å². The van der Waals surface area contributed by atoms with Gasteiger partial charge in [-0.1, -0.05) is 13.0 Å². The maximum Gasteiger partial charge on any atom is 0.254 e. The zero-order valence-electron chi connectivity index (χ0n) is 13.9. The van der Waals surface area contributed by atoms with Gasteiger partial charge in [-0.25, -0.2) is 9.67 Å². The van der Waals surface area contributed by atoms with Gasteiger partial charge in [0.15, 0.2) is 5.82 Å². The second-order valence-electron chi connectivity index (χ2n) is 6.74. The molecule has 2 aliphatic heterocycles. The van der Waals surface area contributed by atoms with E-state index in [1.54, 1.807) is 17.1 Å². The normalized spacial score (nSPS) is 25.6. The quantitative estimate of drug-likeness (QED) is 0.900. The molecule has 6 heteroatoms. The molecule has 1 amide bonds. The van der Waals surface area contributed by atoms with Gasteiger partial charge in [0.1, 0.15) is 0 Å². The average molecular weight is 325 g/mol. The minimum absolute atomic E-state index is 0.0136. The SMILES string of the molecule is CCc1c(C(=O)NC2CC3CCC(C2)N3)cnn1-c1ccccn1. The van der Waals surface area contributed by atoms with E-state index in [0.29, 0.717) is 17.6 Å². The molecule has 4 rings (SSSR count). The zero-order chi connectivity index (χ0) is 16.5. The predicted octanol–water partition coefficient (Wildman–Crippen LogP) is 1.84. The third-order valence-electron chi connectivity index (χ3n) is 5.12. The molecule has 126 valence electrons. The van der Waals surface area contributed by atoms with Crippen LogP contribution in [0.25, 0.3) is 5.82 Å². The Labute approximate surface area is 141 Å². The van der Waals surface area contributed by atoms with E-state index in [1.165, 1.54) is 12.8 Å². The molecule has 2 fully saturated rings. The Balaban J connectivity index is 1.53. The van der Waals surface area contributed by atoms with Crippen molar-refractivity contribution in [1.82, 2.24) is 25.4 Å². The molecule has 2 N–H and O–H groups in total. The minimum Gasteiger partial charge on any atom is -0.349 e. The van der Waals surface area contributed by atoms with Crippen molar-refractivity contribution in [2.45, 2.75) is 57.2 Å². The van der Waals surface area contributed by atoms with Gasteiger partial charge in [0.25, 0.3) is 5.91 Å². The number of amides is 1. The van der Waals surface area contributed by atoms with Crippen molar-refractivity contribution in [3.63, 3.8) is 0 Å². The molecule has 2 unspecified atom stereocenters. The Morgan fingerprint density at radius 3 is 2.79 bits per heavy atom. The third kappa shape index (κ3) is 2.82. The van der Waals surface area contributed by atoms with Gasteiger partial charge in [-0.15, -0.1) is 0 Å². The van der Waals surface area contributed by atoms with E-state index in [0.717, 1.165) is 30.8 Å². The van der Waals surface area contributed by atoms with Crippen LogP contribution in [0, 0.1) is 0 Å². The highest BCUT2D eigenvalue weighted by Crippen LogP contribution is 2.27. The predicted molar refractivity (Wildman–Crippen MR) is 91.2 cm³/mol. The molecular formula is C18H23N5O. The number of piperidine rings is 1. The number of carbonyl (C=O) groups is 1. The fraction of sp³-hybridized carbons (Fsp3) is 0.500. The first-order valence-corrected chi connectivity index (χ1v) is 8.79. The minimum atomic E-state index is -0.0136. The van der Waals surface area contributed by atoms with Crippen LogP contribution >= 0.6 is 0 Å². The summed E-state index contributed by atoms with van der Waals surface area (Å²) >= 11 is 0. The first-order valence-electron chi connectivity index (χ1n) is 8.79. The van der Waals surface area contributed by atoms with Crippen LogP contribution in [0.2, 0.25) is 0 Å². The Bertz CT molecular complexity index is 714. The lowest BCUT2D eigenvalue weighted by Crippen LogP contribution is -2.48. The summed E-state index contributed by atoms with van der Waals surface area (Å²) < 4.78 is 1.76. The maximum atomic E-state index is 12.8. The summed E-state index contributed by atoms with van der Waals surface area (Å²) in [5.74, 6) is 0.730. The number of nitrogens with zero attached hydrogens (tertiary/aromatic N) is 3. The fourth-order valence-electron chi connectivity index (χ4n) is 4.02. The van der Waals surface area contributed by atoms with Crippen molar-refractivity contribution in [3.8, 4) is 5.82 Å². The van der Waals surface area contributed by atoms with Crippen LogP contribution in [0.15, 0.2) is 30.6 Å². The van der Waals surface area contributed by atoms with Crippen molar-refractivity contribution in [3.05, 3.63) is 41.9 Å². The summed E-state index contributed by atoms with van der Waals surface area (Å²) in [6, 6.07) is 7.09. The Morgan fingerprint density at radius 1 is 1.33 bits per heavy atom. The number of hydrogen-bond donors (Lipinski definition) is 2. The number of aromatic nitrogens is 3. The van der Waals surface area contributed by atoms with E-state index in [2.05, 4.69) is 20.7 Å². The summed E-state index contributed by atoms with van der Waals surface area (Å²) in [5, 5.41) is 11.2. The molecular weight excluding hydrogens is 302 g/mol. The molecule has 0 spiro atoms. The molecule has 2 bridgehead atoms. The third-order valence-corrected chi connectivity index (χ3v) is 5.12. The van der Waals surface area contributed by atoms with Gasteiger partial charge in [0, 0.05) is 24.3 Å². The molecule has 0 aromatic carbocycles. The van der Waals surface area contributed by atoms with Gasteiger partial charge in [-0.3, -0.25) is 4.79 Å². The van der Waals surface area contributed by atoms with E-state index < -0.39 is 0 Å². The molecule has 2 aromatic heterocycles. The topological polar surface area (TPSA) is 71.8 Å². The lowest BCUT2D eigenvalue weighted by Gasteiger charge is -2.29. The Morgan fingerprint density at radius 2 is 2.12 bits per heavy atom. The fourth-order valence-corrected chi connectivity index (χ4v) is 4.02. The van der Waals surface area contributed by atoms with Gasteiger partial charge >= 0.3 is 0 Å². The highest BCUT2D eigenvalue weighted by molar-refractivity contribution is 5.95. The van der Waals surface area contributed by atoms with Crippen molar-refractivity contribution < 1.29 is 4.79 Å². The van der Waals surface area contributed by atoms with Gasteiger partial charge in [-0.05, 0) is 44.2 Å². The summed E-state index contributed by atoms with van der Waals surface area (Å²) in [5.41, 5.74) is 1.57. The Hall–Kier alpha value is -2.21. The van der Waals surface area contributed by atoms with Crippen LogP contribution in [-0.4, -0.2) is 38.8 Å². The second-order valence-corrected chi connectivity index (χ2v) is 6.74. The number of pyridine rings is 1. The van der Waals surface area contributed by atoms with Gasteiger partial charge in [0.2, 0.25) is 0 Å². The summed E-state index contributed by atoms with van der Waals surface area (Å²) in [4.78, 5) is 17.1. The zero-order valence-corrected chi connectivity index (χ0v) is 13.9. The van der Waals surface area contributed by atoms with Crippen LogP contribution < -0.4 is 10.6 Å². The molecule has 0 saturated carbocycles. The second kappa shape index (κ2) is 6.36. The molecule has 2 aromatic rings. The molecule has 24 heavy (non-hydrogen) atoms. The molecule has 4 heterocycles. The summed E-state index contributed by atoms with van der Waals surface area (Å²) in [6.07, 6.45) is 8.65. The van der Waals surface area contributed by atoms with Crippen molar-refractivity contribution in [1.29, 1.82) is 0 Å². The van der Waals surface area contributed by atoms with Crippen molar-refractivity contribution in [2.75, 3.05) is 0 Å². The standard InChI is InChI=1S/C18H23N5O/c1-2-16-15(11-20-23(16)17-5-3-4-8-19-17)18(24)22-14-9-12-6-7-13(10-14)21-12/h3-5,8,11-14,21H,2,6-7,9-10H2,1H3,(H,22,24). The lowest BCUT2D eigenvalue weighted by atomic mass is 9.99. The molecule has 6 nitrogen and oxygen atoms in total. The van der Waals surface area contributed by atoms with Gasteiger partial charge in [-0.2, -0.15) is 5.10 Å². The summed E-state index contributed by atoms with van der Waals surface area (Å²) in [7, 11) is 0. The van der Waals surface area contributed by atoms with Gasteiger partial charge < -0.3 is 10.6 Å². The van der Waals surface area contributed by atoms with E-state index in [4.69, 9.17) is 0 Å².